The molecule has 1 aromatic heterocycles. The van der Waals surface area contributed by atoms with Gasteiger partial charge in [-0.25, -0.2) is 0 Å². The van der Waals surface area contributed by atoms with Gasteiger partial charge < -0.3 is 0 Å². The first-order valence-electron chi connectivity index (χ1n) is 8.54. The Bertz CT molecular complexity index is 772. The van der Waals surface area contributed by atoms with Gasteiger partial charge in [0.05, 0.1) is 5.52 Å². The number of carbonyl (C=O) groups excluding carboxylic acids is 1. The number of aromatic nitrogens is 2. The predicted octanol–water partition coefficient (Wildman–Crippen LogP) is 5.78. The fourth-order valence-corrected chi connectivity index (χ4v) is 3.69. The number of alkyl halides is 3. The van der Waals surface area contributed by atoms with E-state index in [-0.39, 0.29) is 48.5 Å². The Kier molecular flexibility index (Phi) is 7.02. The van der Waals surface area contributed by atoms with Gasteiger partial charge in [-0.05, 0) is 49.8 Å². The molecule has 1 fully saturated rings. The number of rotatable bonds is 7. The van der Waals surface area contributed by atoms with Crippen LogP contribution in [-0.2, 0) is 6.54 Å². The summed E-state index contributed by atoms with van der Waals surface area (Å²) in [7, 11) is 0. The van der Waals surface area contributed by atoms with Gasteiger partial charge in [0.1, 0.15) is 0 Å². The maximum absolute atomic E-state index is 12.4. The van der Waals surface area contributed by atoms with Crippen LogP contribution in [0.5, 0.6) is 0 Å². The molecule has 0 spiro atoms. The summed E-state index contributed by atoms with van der Waals surface area (Å²) in [4.78, 5) is 12.4. The van der Waals surface area contributed by atoms with Gasteiger partial charge in [-0.2, -0.15) is 18.3 Å². The van der Waals surface area contributed by atoms with Crippen molar-refractivity contribution in [2.45, 2.75) is 51.1 Å². The lowest BCUT2D eigenvalue weighted by Gasteiger charge is -2.24. The van der Waals surface area contributed by atoms with Gasteiger partial charge in [0, 0.05) is 35.9 Å². The third-order valence-corrected chi connectivity index (χ3v) is 5.61. The number of halogens is 4. The molecule has 144 valence electrons. The minimum atomic E-state index is -4.23. The van der Waals surface area contributed by atoms with E-state index >= 15 is 0 Å². The van der Waals surface area contributed by atoms with Crippen LogP contribution in [0.2, 0.25) is 0 Å². The molecular weight excluding hydrogens is 385 g/mol. The molecule has 26 heavy (non-hydrogen) atoms. The van der Waals surface area contributed by atoms with Crippen molar-refractivity contribution in [1.82, 2.24) is 9.78 Å². The number of thioether (sulfide) groups is 1. The van der Waals surface area contributed by atoms with Crippen molar-refractivity contribution >= 4 is 40.9 Å². The average molecular weight is 407 g/mol. The van der Waals surface area contributed by atoms with Crippen LogP contribution in [0.1, 0.15) is 48.0 Å². The second kappa shape index (κ2) is 8.65. The summed E-state index contributed by atoms with van der Waals surface area (Å²) in [6.07, 6.45) is 6.12. The molecule has 0 saturated heterocycles. The number of Topliss-reactive ketones (excluding diaryl/α,β-unsaturated/α-hetero) is 1. The summed E-state index contributed by atoms with van der Waals surface area (Å²) < 4.78 is 38.4. The molecule has 1 aliphatic carbocycles. The Balaban J connectivity index is 0.00000243. The van der Waals surface area contributed by atoms with E-state index in [2.05, 4.69) is 5.10 Å². The molecule has 1 heterocycles. The average Bonchev–Trinajstić information content (AvgIpc) is 2.90. The van der Waals surface area contributed by atoms with Crippen molar-refractivity contribution in [2.75, 3.05) is 5.75 Å². The SMILES string of the molecule is Cc1c(C(=O)CCCSC(F)(F)F)ccc2nn(CC3CCC3)cc12.Cl. The first kappa shape index (κ1) is 21.1. The largest absolute Gasteiger partial charge is 0.441 e. The number of hydrogen-bond acceptors (Lipinski definition) is 3. The summed E-state index contributed by atoms with van der Waals surface area (Å²) >= 11 is -0.0715. The summed E-state index contributed by atoms with van der Waals surface area (Å²) in [5.41, 5.74) is -1.91. The summed E-state index contributed by atoms with van der Waals surface area (Å²) in [5, 5.41) is 5.53. The lowest BCUT2D eigenvalue weighted by Crippen LogP contribution is -2.18. The van der Waals surface area contributed by atoms with Crippen molar-refractivity contribution in [3.8, 4) is 0 Å². The number of ketones is 1. The zero-order valence-corrected chi connectivity index (χ0v) is 16.1. The van der Waals surface area contributed by atoms with Crippen LogP contribution in [0, 0.1) is 12.8 Å². The highest BCUT2D eigenvalue weighted by molar-refractivity contribution is 8.00. The molecule has 0 atom stereocenters. The van der Waals surface area contributed by atoms with Gasteiger partial charge in [0.2, 0.25) is 0 Å². The van der Waals surface area contributed by atoms with Crippen LogP contribution in [-0.4, -0.2) is 26.8 Å². The summed E-state index contributed by atoms with van der Waals surface area (Å²) in [6.45, 7) is 2.79. The van der Waals surface area contributed by atoms with Crippen molar-refractivity contribution in [2.24, 2.45) is 5.92 Å². The topological polar surface area (TPSA) is 34.9 Å². The molecule has 0 N–H and O–H groups in total. The zero-order chi connectivity index (χ0) is 18.0. The van der Waals surface area contributed by atoms with E-state index in [1.54, 1.807) is 6.07 Å². The third-order valence-electron chi connectivity index (χ3n) is 4.79. The number of aryl methyl sites for hydroxylation is 1. The Morgan fingerprint density at radius 2 is 2.08 bits per heavy atom. The quantitative estimate of drug-likeness (QED) is 0.431. The van der Waals surface area contributed by atoms with Crippen molar-refractivity contribution < 1.29 is 18.0 Å². The smallest absolute Gasteiger partial charge is 0.294 e. The van der Waals surface area contributed by atoms with E-state index in [9.17, 15) is 18.0 Å². The summed E-state index contributed by atoms with van der Waals surface area (Å²) in [5.74, 6) is 0.506. The maximum atomic E-state index is 12.4. The van der Waals surface area contributed by atoms with E-state index in [1.165, 1.54) is 19.3 Å². The monoisotopic (exact) mass is 406 g/mol. The zero-order valence-electron chi connectivity index (χ0n) is 14.5. The predicted molar refractivity (Wildman–Crippen MR) is 101 cm³/mol. The van der Waals surface area contributed by atoms with Crippen LogP contribution in [0.4, 0.5) is 13.2 Å². The van der Waals surface area contributed by atoms with Crippen molar-refractivity contribution in [3.63, 3.8) is 0 Å². The van der Waals surface area contributed by atoms with Crippen LogP contribution in [0.3, 0.4) is 0 Å². The normalized spacial score (nSPS) is 14.9. The number of nitrogens with zero attached hydrogens (tertiary/aromatic N) is 2. The molecule has 0 aliphatic heterocycles. The molecule has 1 aliphatic rings. The lowest BCUT2D eigenvalue weighted by atomic mass is 9.85. The van der Waals surface area contributed by atoms with E-state index in [1.807, 2.05) is 23.9 Å². The van der Waals surface area contributed by atoms with E-state index in [0.29, 0.717) is 11.5 Å². The minimum absolute atomic E-state index is 0. The highest BCUT2D eigenvalue weighted by Gasteiger charge is 2.27. The molecule has 0 bridgehead atoms. The molecule has 0 radical (unpaired) electrons. The molecule has 0 unspecified atom stereocenters. The first-order chi connectivity index (χ1) is 11.8. The maximum Gasteiger partial charge on any atom is 0.441 e. The fraction of sp³-hybridized carbons (Fsp3) is 0.556. The second-order valence-electron chi connectivity index (χ2n) is 6.64. The highest BCUT2D eigenvalue weighted by atomic mass is 35.5. The van der Waals surface area contributed by atoms with E-state index in [4.69, 9.17) is 0 Å². The van der Waals surface area contributed by atoms with Gasteiger partial charge >= 0.3 is 5.51 Å². The van der Waals surface area contributed by atoms with Crippen LogP contribution in [0.15, 0.2) is 18.3 Å². The Hall–Kier alpha value is -1.21. The fourth-order valence-electron chi connectivity index (χ4n) is 3.17. The number of benzene rings is 1. The van der Waals surface area contributed by atoms with Crippen LogP contribution >= 0.6 is 24.2 Å². The molecule has 8 heteroatoms. The van der Waals surface area contributed by atoms with Crippen molar-refractivity contribution in [1.29, 1.82) is 0 Å². The Morgan fingerprint density at radius 3 is 2.69 bits per heavy atom. The van der Waals surface area contributed by atoms with Crippen LogP contribution in [0.25, 0.3) is 10.9 Å². The van der Waals surface area contributed by atoms with Gasteiger partial charge in [0.15, 0.2) is 5.78 Å². The number of hydrogen-bond donors (Lipinski definition) is 0. The molecule has 1 aromatic carbocycles. The summed E-state index contributed by atoms with van der Waals surface area (Å²) in [6, 6.07) is 3.58. The second-order valence-corrected chi connectivity index (χ2v) is 7.80. The molecule has 1 saturated carbocycles. The molecule has 0 amide bonds. The Labute approximate surface area is 161 Å². The molecule has 2 aromatic rings. The van der Waals surface area contributed by atoms with Gasteiger partial charge in [-0.3, -0.25) is 9.48 Å². The highest BCUT2D eigenvalue weighted by Crippen LogP contribution is 2.31. The molecule has 3 nitrogen and oxygen atoms in total. The van der Waals surface area contributed by atoms with Gasteiger partial charge in [0.25, 0.3) is 0 Å². The Morgan fingerprint density at radius 1 is 1.35 bits per heavy atom. The lowest BCUT2D eigenvalue weighted by molar-refractivity contribution is -0.0328. The first-order valence-corrected chi connectivity index (χ1v) is 9.53. The molecule has 3 rings (SSSR count). The third kappa shape index (κ3) is 5.16. The van der Waals surface area contributed by atoms with E-state index in [0.717, 1.165) is 23.0 Å². The molecular formula is C18H22ClF3N2OS. The standard InChI is InChI=1S/C18H21F3N2OS.ClH/c1-12-14(17(24)6-3-9-25-18(19,20)21)7-8-16-15(12)11-23(22-16)10-13-4-2-5-13;/h7-8,11,13H,2-6,9-10H2,1H3;1H. The van der Waals surface area contributed by atoms with Crippen LogP contribution < -0.4 is 0 Å². The number of carbonyl (C=O) groups is 1. The van der Waals surface area contributed by atoms with Gasteiger partial charge in [-0.1, -0.05) is 18.2 Å². The number of fused-ring (bicyclic) bond motifs is 1. The van der Waals surface area contributed by atoms with Gasteiger partial charge in [-0.15, -0.1) is 12.4 Å². The minimum Gasteiger partial charge on any atom is -0.294 e. The van der Waals surface area contributed by atoms with E-state index < -0.39 is 5.51 Å². The van der Waals surface area contributed by atoms with Crippen molar-refractivity contribution in [3.05, 3.63) is 29.5 Å².